The Morgan fingerprint density at radius 3 is 2.48 bits per heavy atom. The van der Waals surface area contributed by atoms with Gasteiger partial charge >= 0.3 is 6.18 Å². The third-order valence-corrected chi connectivity index (χ3v) is 4.45. The molecule has 0 amide bonds. The molecule has 0 bridgehead atoms. The van der Waals surface area contributed by atoms with Crippen LogP contribution in [0.25, 0.3) is 10.8 Å². The fourth-order valence-electron chi connectivity index (χ4n) is 2.34. The van der Waals surface area contributed by atoms with E-state index in [0.717, 1.165) is 0 Å². The van der Waals surface area contributed by atoms with Gasteiger partial charge in [-0.3, -0.25) is 0 Å². The fraction of sp³-hybridized carbons (Fsp3) is 0.500. The number of halogens is 4. The number of hydrogen-bond acceptors (Lipinski definition) is 5. The fourth-order valence-corrected chi connectivity index (χ4v) is 2.95. The third kappa shape index (κ3) is 4.89. The molecule has 0 aliphatic carbocycles. The highest BCUT2D eigenvalue weighted by atomic mass is 35.5. The summed E-state index contributed by atoms with van der Waals surface area (Å²) in [5.74, 6) is 0.190. The summed E-state index contributed by atoms with van der Waals surface area (Å²) in [4.78, 5) is 8.01. The Kier molecular flexibility index (Phi) is 6.06. The Bertz CT molecular complexity index is 750. The minimum Gasteiger partial charge on any atom is -0.464 e. The van der Waals surface area contributed by atoms with Gasteiger partial charge in [0.2, 0.25) is 5.88 Å². The molecule has 0 radical (unpaired) electrons. The van der Waals surface area contributed by atoms with Gasteiger partial charge in [-0.05, 0) is 42.9 Å². The second-order valence-electron chi connectivity index (χ2n) is 6.18. The molecular formula is C16H19ClF3N3OS. The minimum atomic E-state index is -4.49. The monoisotopic (exact) mass is 393 g/mol. The smallest absolute Gasteiger partial charge is 0.425 e. The van der Waals surface area contributed by atoms with E-state index in [1.165, 1.54) is 24.2 Å². The number of pyridine rings is 2. The molecule has 4 nitrogen and oxygen atoms in total. The molecule has 25 heavy (non-hydrogen) atoms. The average Bonchev–Trinajstić information content (AvgIpc) is 2.48. The van der Waals surface area contributed by atoms with Gasteiger partial charge in [0.1, 0.15) is 5.15 Å². The molecule has 2 aromatic rings. The van der Waals surface area contributed by atoms with Gasteiger partial charge in [0, 0.05) is 24.4 Å². The van der Waals surface area contributed by atoms with Gasteiger partial charge < -0.3 is 10.5 Å². The number of aromatic nitrogens is 2. The number of thioether (sulfide) groups is 1. The first kappa shape index (κ1) is 20.1. The summed E-state index contributed by atoms with van der Waals surface area (Å²) in [6.07, 6.45) is -2.07. The topological polar surface area (TPSA) is 61.0 Å². The standard InChI is InChI=1S/C16H19ClF3N3OS/c1-15(2,21)11-8-23-14(10-7-22-13(17)6-9(10)11)24-12(4-5-25-3)16(18,19)20/h6-8,12H,4-5,21H2,1-3H3. The maximum absolute atomic E-state index is 13.2. The lowest BCUT2D eigenvalue weighted by molar-refractivity contribution is -0.195. The average molecular weight is 394 g/mol. The van der Waals surface area contributed by atoms with Crippen molar-refractivity contribution in [2.75, 3.05) is 12.0 Å². The molecule has 1 unspecified atom stereocenters. The zero-order valence-electron chi connectivity index (χ0n) is 14.0. The first-order valence-corrected chi connectivity index (χ1v) is 9.27. The predicted molar refractivity (Wildman–Crippen MR) is 95.2 cm³/mol. The van der Waals surface area contributed by atoms with Gasteiger partial charge in [-0.1, -0.05) is 11.6 Å². The highest BCUT2D eigenvalue weighted by Crippen LogP contribution is 2.35. The zero-order valence-corrected chi connectivity index (χ0v) is 15.6. The van der Waals surface area contributed by atoms with Crippen molar-refractivity contribution < 1.29 is 17.9 Å². The van der Waals surface area contributed by atoms with E-state index in [4.69, 9.17) is 22.1 Å². The highest BCUT2D eigenvalue weighted by molar-refractivity contribution is 7.98. The Hall–Kier alpha value is -1.25. The summed E-state index contributed by atoms with van der Waals surface area (Å²) >= 11 is 7.27. The molecule has 9 heteroatoms. The zero-order chi connectivity index (χ0) is 18.8. The van der Waals surface area contributed by atoms with Gasteiger partial charge in [0.05, 0.1) is 5.39 Å². The molecule has 2 rings (SSSR count). The van der Waals surface area contributed by atoms with Crippen molar-refractivity contribution in [1.82, 2.24) is 9.97 Å². The van der Waals surface area contributed by atoms with E-state index >= 15 is 0 Å². The van der Waals surface area contributed by atoms with Gasteiger partial charge in [0.25, 0.3) is 0 Å². The van der Waals surface area contributed by atoms with Crippen LogP contribution in [0, 0.1) is 0 Å². The molecule has 0 aliphatic heterocycles. The summed E-state index contributed by atoms with van der Waals surface area (Å²) in [6, 6.07) is 1.56. The first-order chi connectivity index (χ1) is 11.5. The largest absolute Gasteiger partial charge is 0.464 e. The van der Waals surface area contributed by atoms with E-state index in [2.05, 4.69) is 9.97 Å². The second-order valence-corrected chi connectivity index (χ2v) is 7.55. The maximum atomic E-state index is 13.2. The molecule has 2 aromatic heterocycles. The number of fused-ring (bicyclic) bond motifs is 1. The Morgan fingerprint density at radius 1 is 1.24 bits per heavy atom. The van der Waals surface area contributed by atoms with E-state index in [-0.39, 0.29) is 17.5 Å². The van der Waals surface area contributed by atoms with Crippen molar-refractivity contribution in [1.29, 1.82) is 0 Å². The van der Waals surface area contributed by atoms with Gasteiger partial charge in [-0.15, -0.1) is 0 Å². The summed E-state index contributed by atoms with van der Waals surface area (Å²) in [5.41, 5.74) is 6.02. The second kappa shape index (κ2) is 7.55. The molecule has 138 valence electrons. The number of nitrogens with zero attached hydrogens (tertiary/aromatic N) is 2. The molecule has 0 aliphatic rings. The van der Waals surface area contributed by atoms with Crippen LogP contribution in [0.4, 0.5) is 13.2 Å². The van der Waals surface area contributed by atoms with Crippen molar-refractivity contribution in [3.05, 3.63) is 29.2 Å². The lowest BCUT2D eigenvalue weighted by Crippen LogP contribution is -2.35. The molecule has 0 spiro atoms. The number of ether oxygens (including phenoxy) is 1. The lowest BCUT2D eigenvalue weighted by atomic mass is 9.93. The molecule has 1 atom stereocenters. The molecular weight excluding hydrogens is 375 g/mol. The molecule has 0 fully saturated rings. The summed E-state index contributed by atoms with van der Waals surface area (Å²) in [7, 11) is 0. The van der Waals surface area contributed by atoms with Crippen LogP contribution in [0.3, 0.4) is 0 Å². The van der Waals surface area contributed by atoms with Crippen molar-refractivity contribution in [2.24, 2.45) is 5.73 Å². The Labute approximate surface area is 153 Å². The van der Waals surface area contributed by atoms with Crippen LogP contribution in [0.5, 0.6) is 5.88 Å². The van der Waals surface area contributed by atoms with Crippen LogP contribution in [0.1, 0.15) is 25.8 Å². The SMILES string of the molecule is CSCCC(Oc1ncc(C(C)(C)N)c2cc(Cl)ncc12)C(F)(F)F. The normalized spacial score (nSPS) is 13.9. The number of alkyl halides is 3. The number of hydrogen-bond donors (Lipinski definition) is 1. The first-order valence-electron chi connectivity index (χ1n) is 7.50. The Morgan fingerprint density at radius 2 is 1.92 bits per heavy atom. The summed E-state index contributed by atoms with van der Waals surface area (Å²) in [5, 5.41) is 1.13. The predicted octanol–water partition coefficient (Wildman–Crippen LogP) is 4.54. The van der Waals surface area contributed by atoms with Crippen molar-refractivity contribution in [3.8, 4) is 5.88 Å². The van der Waals surface area contributed by atoms with Crippen molar-refractivity contribution >= 4 is 34.1 Å². The summed E-state index contributed by atoms with van der Waals surface area (Å²) in [6.45, 7) is 3.55. The van der Waals surface area contributed by atoms with Crippen molar-refractivity contribution in [2.45, 2.75) is 38.1 Å². The van der Waals surface area contributed by atoms with Crippen LogP contribution < -0.4 is 10.5 Å². The third-order valence-electron chi connectivity index (χ3n) is 3.60. The van der Waals surface area contributed by atoms with Crippen LogP contribution >= 0.6 is 23.4 Å². The molecule has 2 heterocycles. The van der Waals surface area contributed by atoms with Crippen LogP contribution in [-0.4, -0.2) is 34.3 Å². The van der Waals surface area contributed by atoms with Crippen LogP contribution in [0.15, 0.2) is 18.5 Å². The lowest BCUT2D eigenvalue weighted by Gasteiger charge is -2.24. The van der Waals surface area contributed by atoms with Gasteiger partial charge in [0.15, 0.2) is 6.10 Å². The van der Waals surface area contributed by atoms with Gasteiger partial charge in [-0.2, -0.15) is 24.9 Å². The quantitative estimate of drug-likeness (QED) is 0.730. The van der Waals surface area contributed by atoms with E-state index in [9.17, 15) is 13.2 Å². The number of rotatable bonds is 6. The summed E-state index contributed by atoms with van der Waals surface area (Å²) < 4.78 is 45.0. The maximum Gasteiger partial charge on any atom is 0.425 e. The van der Waals surface area contributed by atoms with E-state index in [1.807, 2.05) is 0 Å². The molecule has 0 saturated heterocycles. The number of nitrogens with two attached hydrogens (primary N) is 1. The van der Waals surface area contributed by atoms with Crippen molar-refractivity contribution in [3.63, 3.8) is 0 Å². The molecule has 0 aromatic carbocycles. The van der Waals surface area contributed by atoms with E-state index in [1.54, 1.807) is 26.2 Å². The molecule has 0 saturated carbocycles. The van der Waals surface area contributed by atoms with Crippen LogP contribution in [0.2, 0.25) is 5.15 Å². The Balaban J connectivity index is 2.52. The van der Waals surface area contributed by atoms with E-state index in [0.29, 0.717) is 22.1 Å². The molecule has 2 N–H and O–H groups in total. The minimum absolute atomic E-state index is 0.129. The van der Waals surface area contributed by atoms with E-state index < -0.39 is 17.8 Å². The van der Waals surface area contributed by atoms with Crippen LogP contribution in [-0.2, 0) is 5.54 Å². The highest BCUT2D eigenvalue weighted by Gasteiger charge is 2.42. The van der Waals surface area contributed by atoms with Gasteiger partial charge in [-0.25, -0.2) is 9.97 Å².